The zero-order chi connectivity index (χ0) is 20.9. The van der Waals surface area contributed by atoms with Crippen LogP contribution < -0.4 is 20.7 Å². The van der Waals surface area contributed by atoms with E-state index in [4.69, 9.17) is 4.74 Å². The monoisotopic (exact) mass is 526 g/mol. The maximum Gasteiger partial charge on any atom is 0.221 e. The largest absolute Gasteiger partial charge is 0.492 e. The molecule has 1 unspecified atom stereocenters. The summed E-state index contributed by atoms with van der Waals surface area (Å²) in [6.45, 7) is 5.73. The van der Waals surface area contributed by atoms with Crippen LogP contribution >= 0.6 is 24.0 Å². The summed E-state index contributed by atoms with van der Waals surface area (Å²) >= 11 is 0. The molecule has 0 fully saturated rings. The van der Waals surface area contributed by atoms with Crippen molar-refractivity contribution in [1.82, 2.24) is 10.6 Å². The van der Waals surface area contributed by atoms with Crippen LogP contribution in [0, 0.1) is 0 Å². The number of guanidine groups is 1. The van der Waals surface area contributed by atoms with E-state index in [-0.39, 0.29) is 42.4 Å². The molecule has 0 aliphatic rings. The summed E-state index contributed by atoms with van der Waals surface area (Å²) < 4.78 is 5.74. The minimum atomic E-state index is -0.119. The van der Waals surface area contributed by atoms with Crippen LogP contribution in [0.15, 0.2) is 59.6 Å². The average Bonchev–Trinajstić information content (AvgIpc) is 2.72. The topological polar surface area (TPSA) is 95.0 Å². The number of nitrogens with zero attached hydrogens (tertiary/aromatic N) is 1. The van der Waals surface area contributed by atoms with E-state index < -0.39 is 0 Å². The molecule has 164 valence electrons. The Morgan fingerprint density at radius 3 is 2.57 bits per heavy atom. The summed E-state index contributed by atoms with van der Waals surface area (Å²) in [5.74, 6) is 1.20. The number of nitrogens with one attached hydrogen (secondary N) is 3. The second kappa shape index (κ2) is 14.6. The third-order valence-electron chi connectivity index (χ3n) is 4.12. The molecular weight excluding hydrogens is 495 g/mol. The molecule has 2 aromatic rings. The lowest BCUT2D eigenvalue weighted by Crippen LogP contribution is -2.39. The van der Waals surface area contributed by atoms with E-state index >= 15 is 0 Å². The van der Waals surface area contributed by atoms with Crippen molar-refractivity contribution in [3.63, 3.8) is 0 Å². The van der Waals surface area contributed by atoms with Crippen molar-refractivity contribution in [2.45, 2.75) is 19.8 Å². The van der Waals surface area contributed by atoms with Crippen molar-refractivity contribution in [1.29, 1.82) is 0 Å². The second-order valence-corrected chi connectivity index (χ2v) is 6.49. The zero-order valence-corrected chi connectivity index (χ0v) is 19.8. The Bertz CT molecular complexity index is 787. The van der Waals surface area contributed by atoms with E-state index in [1.807, 2.05) is 55.5 Å². The molecule has 0 spiro atoms. The van der Waals surface area contributed by atoms with E-state index in [2.05, 4.69) is 20.9 Å². The zero-order valence-electron chi connectivity index (χ0n) is 17.4. The Balaban J connectivity index is 0.00000450. The number of carbonyl (C=O) groups excluding carboxylic acids is 1. The molecule has 2 rings (SSSR count). The van der Waals surface area contributed by atoms with Gasteiger partial charge in [-0.3, -0.25) is 9.79 Å². The SMILES string of the molecule is CCNC(=NCC(CO)c1ccccc1)NCCOc1cccc(NC(C)=O)c1.I. The van der Waals surface area contributed by atoms with Crippen LogP contribution in [-0.2, 0) is 4.79 Å². The fraction of sp³-hybridized carbons (Fsp3) is 0.364. The van der Waals surface area contributed by atoms with Crippen LogP contribution in [0.1, 0.15) is 25.3 Å². The highest BCUT2D eigenvalue weighted by Gasteiger charge is 2.10. The highest BCUT2D eigenvalue weighted by molar-refractivity contribution is 14.0. The van der Waals surface area contributed by atoms with Gasteiger partial charge in [-0.25, -0.2) is 0 Å². The van der Waals surface area contributed by atoms with Gasteiger partial charge in [0.15, 0.2) is 5.96 Å². The molecule has 30 heavy (non-hydrogen) atoms. The van der Waals surface area contributed by atoms with Gasteiger partial charge in [0.05, 0.1) is 19.7 Å². The molecule has 7 nitrogen and oxygen atoms in total. The van der Waals surface area contributed by atoms with Crippen molar-refractivity contribution in [3.05, 3.63) is 60.2 Å². The summed E-state index contributed by atoms with van der Waals surface area (Å²) in [5.41, 5.74) is 1.77. The number of ether oxygens (including phenoxy) is 1. The van der Waals surface area contributed by atoms with E-state index in [9.17, 15) is 9.90 Å². The van der Waals surface area contributed by atoms with Crippen LogP contribution in [0.25, 0.3) is 0 Å². The molecular formula is C22H31IN4O3. The van der Waals surface area contributed by atoms with E-state index in [1.165, 1.54) is 6.92 Å². The van der Waals surface area contributed by atoms with E-state index in [1.54, 1.807) is 6.07 Å². The van der Waals surface area contributed by atoms with Gasteiger partial charge in [-0.2, -0.15) is 0 Å². The molecule has 0 aromatic heterocycles. The van der Waals surface area contributed by atoms with E-state index in [0.29, 0.717) is 37.1 Å². The molecule has 2 aromatic carbocycles. The lowest BCUT2D eigenvalue weighted by molar-refractivity contribution is -0.114. The number of aliphatic hydroxyl groups is 1. The minimum absolute atomic E-state index is 0. The Labute approximate surface area is 195 Å². The third kappa shape index (κ3) is 9.45. The first-order chi connectivity index (χ1) is 14.1. The second-order valence-electron chi connectivity index (χ2n) is 6.49. The van der Waals surface area contributed by atoms with Crippen LogP contribution in [0.5, 0.6) is 5.75 Å². The first kappa shape index (κ1) is 25.7. The molecule has 0 heterocycles. The quantitative estimate of drug-likeness (QED) is 0.165. The molecule has 1 atom stereocenters. The normalized spacial score (nSPS) is 11.8. The molecule has 4 N–H and O–H groups in total. The number of carbonyl (C=O) groups is 1. The van der Waals surface area contributed by atoms with Gasteiger partial charge >= 0.3 is 0 Å². The maximum atomic E-state index is 11.1. The summed E-state index contributed by atoms with van der Waals surface area (Å²) in [7, 11) is 0. The van der Waals surface area contributed by atoms with Gasteiger partial charge in [-0.1, -0.05) is 36.4 Å². The van der Waals surface area contributed by atoms with Gasteiger partial charge in [-0.05, 0) is 24.6 Å². The van der Waals surface area contributed by atoms with E-state index in [0.717, 1.165) is 12.1 Å². The van der Waals surface area contributed by atoms with Crippen LogP contribution in [0.3, 0.4) is 0 Å². The van der Waals surface area contributed by atoms with Crippen molar-refractivity contribution in [3.8, 4) is 5.75 Å². The molecule has 1 amide bonds. The lowest BCUT2D eigenvalue weighted by atomic mass is 10.0. The molecule has 8 heteroatoms. The standard InChI is InChI=1S/C22H30N4O3.HI/c1-3-23-22(25-15-19(16-27)18-8-5-4-6-9-18)24-12-13-29-21-11-7-10-20(14-21)26-17(2)28;/h4-11,14,19,27H,3,12-13,15-16H2,1-2H3,(H,26,28)(H2,23,24,25);1H. The fourth-order valence-corrected chi connectivity index (χ4v) is 2.74. The summed E-state index contributed by atoms with van der Waals surface area (Å²) in [4.78, 5) is 15.7. The van der Waals surface area contributed by atoms with Gasteiger partial charge in [0.25, 0.3) is 0 Å². The van der Waals surface area contributed by atoms with Gasteiger partial charge < -0.3 is 25.8 Å². The highest BCUT2D eigenvalue weighted by Crippen LogP contribution is 2.17. The number of benzene rings is 2. The Hall–Kier alpha value is -2.33. The van der Waals surface area contributed by atoms with Crippen molar-refractivity contribution >= 4 is 41.5 Å². The number of amides is 1. The first-order valence-corrected chi connectivity index (χ1v) is 9.80. The number of aliphatic imine (C=N–C) groups is 1. The van der Waals surface area contributed by atoms with Crippen molar-refractivity contribution < 1.29 is 14.6 Å². The molecule has 0 saturated carbocycles. The number of halogens is 1. The van der Waals surface area contributed by atoms with Gasteiger partial charge in [-0.15, -0.1) is 24.0 Å². The fourth-order valence-electron chi connectivity index (χ4n) is 2.74. The Kier molecular flexibility index (Phi) is 12.5. The minimum Gasteiger partial charge on any atom is -0.492 e. The number of aliphatic hydroxyl groups excluding tert-OH is 1. The highest BCUT2D eigenvalue weighted by atomic mass is 127. The molecule has 0 bridgehead atoms. The van der Waals surface area contributed by atoms with Gasteiger partial charge in [0.2, 0.25) is 5.91 Å². The molecule has 0 aliphatic carbocycles. The number of hydrogen-bond acceptors (Lipinski definition) is 4. The van der Waals surface area contributed by atoms with Crippen molar-refractivity contribution in [2.24, 2.45) is 4.99 Å². The summed E-state index contributed by atoms with van der Waals surface area (Å²) in [6, 6.07) is 17.2. The summed E-state index contributed by atoms with van der Waals surface area (Å²) in [5, 5.41) is 18.8. The molecule has 0 saturated heterocycles. The van der Waals surface area contributed by atoms with Gasteiger partial charge in [0.1, 0.15) is 12.4 Å². The average molecular weight is 526 g/mol. The van der Waals surface area contributed by atoms with Gasteiger partial charge in [0, 0.05) is 31.1 Å². The van der Waals surface area contributed by atoms with Crippen LogP contribution in [0.4, 0.5) is 5.69 Å². The predicted molar refractivity (Wildman–Crippen MR) is 132 cm³/mol. The number of rotatable bonds is 10. The predicted octanol–water partition coefficient (Wildman–Crippen LogP) is 2.97. The Morgan fingerprint density at radius 2 is 1.90 bits per heavy atom. The smallest absolute Gasteiger partial charge is 0.221 e. The number of anilines is 1. The first-order valence-electron chi connectivity index (χ1n) is 9.80. The van der Waals surface area contributed by atoms with Crippen LogP contribution in [-0.4, -0.2) is 49.8 Å². The van der Waals surface area contributed by atoms with Crippen molar-refractivity contribution in [2.75, 3.05) is 38.2 Å². The third-order valence-corrected chi connectivity index (χ3v) is 4.12. The summed E-state index contributed by atoms with van der Waals surface area (Å²) in [6.07, 6.45) is 0. The molecule has 0 aliphatic heterocycles. The molecule has 0 radical (unpaired) electrons. The Morgan fingerprint density at radius 1 is 1.13 bits per heavy atom. The maximum absolute atomic E-state index is 11.1. The number of hydrogen-bond donors (Lipinski definition) is 4. The lowest BCUT2D eigenvalue weighted by Gasteiger charge is -2.15. The van der Waals surface area contributed by atoms with Crippen LogP contribution in [0.2, 0.25) is 0 Å².